The van der Waals surface area contributed by atoms with Gasteiger partial charge in [-0.2, -0.15) is 0 Å². The third kappa shape index (κ3) is 3.12. The average Bonchev–Trinajstić information content (AvgIpc) is 2.79. The number of nitrogens with zero attached hydrogens (tertiary/aromatic N) is 2. The second kappa shape index (κ2) is 7.27. The highest BCUT2D eigenvalue weighted by atomic mass is 16.3. The Kier molecular flexibility index (Phi) is 4.59. The van der Waals surface area contributed by atoms with Gasteiger partial charge in [0.2, 0.25) is 0 Å². The predicted octanol–water partition coefficient (Wildman–Crippen LogP) is 4.53. The van der Waals surface area contributed by atoms with Crippen LogP contribution in [0, 0.1) is 5.92 Å². The molecule has 2 aromatic carbocycles. The summed E-state index contributed by atoms with van der Waals surface area (Å²) in [5.74, 6) is 0.154. The molecule has 29 heavy (non-hydrogen) atoms. The zero-order valence-corrected chi connectivity index (χ0v) is 16.5. The van der Waals surface area contributed by atoms with Gasteiger partial charge in [-0.15, -0.1) is 0 Å². The molecule has 148 valence electrons. The summed E-state index contributed by atoms with van der Waals surface area (Å²) < 4.78 is 0. The number of fused-ring (bicyclic) bond motifs is 2. The maximum atomic E-state index is 13.5. The number of rotatable bonds is 2. The van der Waals surface area contributed by atoms with Crippen LogP contribution in [0.15, 0.2) is 66.9 Å². The van der Waals surface area contributed by atoms with E-state index in [1.54, 1.807) is 6.20 Å². The monoisotopic (exact) mass is 386 g/mol. The van der Waals surface area contributed by atoms with Crippen molar-refractivity contribution in [3.05, 3.63) is 78.0 Å². The van der Waals surface area contributed by atoms with Gasteiger partial charge >= 0.3 is 0 Å². The second-order valence-corrected chi connectivity index (χ2v) is 8.41. The summed E-state index contributed by atoms with van der Waals surface area (Å²) in [6, 6.07) is 19.7. The molecule has 1 saturated carbocycles. The summed E-state index contributed by atoms with van der Waals surface area (Å²) in [4.78, 5) is 19.9. The molecule has 1 N–H and O–H groups in total. The minimum absolute atomic E-state index is 0.0720. The van der Waals surface area contributed by atoms with Crippen LogP contribution in [0.1, 0.15) is 48.0 Å². The number of hydrogen-bond acceptors (Lipinski definition) is 3. The van der Waals surface area contributed by atoms with Crippen molar-refractivity contribution in [1.82, 2.24) is 9.88 Å². The summed E-state index contributed by atoms with van der Waals surface area (Å²) in [6.45, 7) is 0.580. The van der Waals surface area contributed by atoms with Gasteiger partial charge in [0.25, 0.3) is 5.91 Å². The minimum atomic E-state index is -0.851. The molecule has 5 rings (SSSR count). The molecule has 4 nitrogen and oxygen atoms in total. The molecular weight excluding hydrogens is 360 g/mol. The number of aliphatic hydroxyl groups is 1. The lowest BCUT2D eigenvalue weighted by Gasteiger charge is -2.52. The van der Waals surface area contributed by atoms with E-state index >= 15 is 0 Å². The Morgan fingerprint density at radius 3 is 2.72 bits per heavy atom. The van der Waals surface area contributed by atoms with Crippen molar-refractivity contribution in [3.63, 3.8) is 0 Å². The Morgan fingerprint density at radius 2 is 1.86 bits per heavy atom. The number of carbonyl (C=O) groups is 1. The fourth-order valence-corrected chi connectivity index (χ4v) is 5.40. The molecule has 0 bridgehead atoms. The molecule has 1 aliphatic carbocycles. The van der Waals surface area contributed by atoms with E-state index in [0.717, 1.165) is 42.1 Å². The summed E-state index contributed by atoms with van der Waals surface area (Å²) in [7, 11) is 0. The molecule has 3 aromatic rings. The zero-order chi connectivity index (χ0) is 19.8. The van der Waals surface area contributed by atoms with Crippen LogP contribution in [-0.2, 0) is 5.60 Å². The largest absolute Gasteiger partial charge is 0.385 e. The third-order valence-electron chi connectivity index (χ3n) is 6.86. The Bertz CT molecular complexity index is 1040. The summed E-state index contributed by atoms with van der Waals surface area (Å²) in [5, 5.41) is 12.7. The number of carbonyl (C=O) groups excluding carboxylic acids is 1. The van der Waals surface area contributed by atoms with Crippen molar-refractivity contribution in [2.75, 3.05) is 6.54 Å². The van der Waals surface area contributed by atoms with Crippen LogP contribution in [0.3, 0.4) is 0 Å². The Morgan fingerprint density at radius 1 is 1.03 bits per heavy atom. The second-order valence-electron chi connectivity index (χ2n) is 8.41. The minimum Gasteiger partial charge on any atom is -0.385 e. The van der Waals surface area contributed by atoms with Crippen LogP contribution in [0.25, 0.3) is 10.9 Å². The van der Waals surface area contributed by atoms with E-state index in [2.05, 4.69) is 4.98 Å². The molecule has 4 heteroatoms. The average molecular weight is 386 g/mol. The Hall–Kier alpha value is -2.72. The van der Waals surface area contributed by atoms with Gasteiger partial charge in [0, 0.05) is 35.7 Å². The van der Waals surface area contributed by atoms with E-state index in [9.17, 15) is 9.90 Å². The lowest BCUT2D eigenvalue weighted by Crippen LogP contribution is -2.58. The number of benzene rings is 2. The SMILES string of the molecule is O=C(c1ccc2ncccc2c1)N1CC[C@@](O)(c2ccccc2)[C@H]2CCCC[C@H]21. The van der Waals surface area contributed by atoms with Crippen LogP contribution in [0.2, 0.25) is 0 Å². The van der Waals surface area contributed by atoms with Gasteiger partial charge in [-0.1, -0.05) is 49.2 Å². The van der Waals surface area contributed by atoms with Crippen molar-refractivity contribution < 1.29 is 9.90 Å². The van der Waals surface area contributed by atoms with Crippen molar-refractivity contribution in [1.29, 1.82) is 0 Å². The first-order valence-electron chi connectivity index (χ1n) is 10.6. The van der Waals surface area contributed by atoms with Gasteiger partial charge in [-0.25, -0.2) is 0 Å². The normalized spacial score (nSPS) is 26.9. The third-order valence-corrected chi connectivity index (χ3v) is 6.86. The molecular formula is C25H26N2O2. The van der Waals surface area contributed by atoms with E-state index in [-0.39, 0.29) is 17.9 Å². The van der Waals surface area contributed by atoms with Crippen molar-refractivity contribution in [3.8, 4) is 0 Å². The van der Waals surface area contributed by atoms with E-state index < -0.39 is 5.60 Å². The van der Waals surface area contributed by atoms with E-state index in [4.69, 9.17) is 0 Å². The smallest absolute Gasteiger partial charge is 0.254 e. The molecule has 0 spiro atoms. The molecule has 0 unspecified atom stereocenters. The number of pyridine rings is 1. The summed E-state index contributed by atoms with van der Waals surface area (Å²) in [5.41, 5.74) is 1.74. The van der Waals surface area contributed by atoms with E-state index in [0.29, 0.717) is 18.5 Å². The summed E-state index contributed by atoms with van der Waals surface area (Å²) >= 11 is 0. The maximum absolute atomic E-state index is 13.5. The molecule has 1 aromatic heterocycles. The highest BCUT2D eigenvalue weighted by molar-refractivity contribution is 5.98. The van der Waals surface area contributed by atoms with Gasteiger partial charge in [-0.05, 0) is 49.1 Å². The number of likely N-dealkylation sites (tertiary alicyclic amines) is 1. The number of aromatic nitrogens is 1. The molecule has 3 atom stereocenters. The van der Waals surface area contributed by atoms with Crippen LogP contribution in [0.5, 0.6) is 0 Å². The number of amides is 1. The van der Waals surface area contributed by atoms with Crippen LogP contribution in [-0.4, -0.2) is 33.5 Å². The molecule has 2 aliphatic rings. The molecule has 0 radical (unpaired) electrons. The predicted molar refractivity (Wildman–Crippen MR) is 113 cm³/mol. The van der Waals surface area contributed by atoms with Crippen molar-refractivity contribution in [2.45, 2.75) is 43.7 Å². The highest BCUT2D eigenvalue weighted by Gasteiger charge is 2.50. The molecule has 1 aliphatic heterocycles. The van der Waals surface area contributed by atoms with Gasteiger partial charge in [-0.3, -0.25) is 9.78 Å². The Labute approximate surface area is 171 Å². The zero-order valence-electron chi connectivity index (χ0n) is 16.5. The van der Waals surface area contributed by atoms with Crippen LogP contribution in [0.4, 0.5) is 0 Å². The van der Waals surface area contributed by atoms with Crippen LogP contribution >= 0.6 is 0 Å². The fourth-order valence-electron chi connectivity index (χ4n) is 5.40. The van der Waals surface area contributed by atoms with E-state index in [1.165, 1.54) is 0 Å². The van der Waals surface area contributed by atoms with Crippen LogP contribution < -0.4 is 0 Å². The molecule has 1 amide bonds. The Balaban J connectivity index is 1.47. The lowest BCUT2D eigenvalue weighted by atomic mass is 9.66. The first-order chi connectivity index (χ1) is 14.2. The fraction of sp³-hybridized carbons (Fsp3) is 0.360. The summed E-state index contributed by atoms with van der Waals surface area (Å²) in [6.07, 6.45) is 6.49. The molecule has 2 heterocycles. The van der Waals surface area contributed by atoms with Gasteiger partial charge < -0.3 is 10.0 Å². The molecule has 2 fully saturated rings. The number of piperidine rings is 1. The van der Waals surface area contributed by atoms with Gasteiger partial charge in [0.05, 0.1) is 11.1 Å². The first kappa shape index (κ1) is 18.3. The van der Waals surface area contributed by atoms with Crippen molar-refractivity contribution >= 4 is 16.8 Å². The topological polar surface area (TPSA) is 53.4 Å². The standard InChI is InChI=1S/C25H26N2O2/c28-24(19-12-13-22-18(17-19)7-6-15-26-22)27-16-14-25(29,20-8-2-1-3-9-20)21-10-4-5-11-23(21)27/h1-3,6-9,12-13,15,17,21,23,29H,4-5,10-11,14,16H2/t21-,23+,25+/m0/s1. The van der Waals surface area contributed by atoms with Gasteiger partial charge in [0.15, 0.2) is 0 Å². The molecule has 1 saturated heterocycles. The van der Waals surface area contributed by atoms with E-state index in [1.807, 2.05) is 65.6 Å². The van der Waals surface area contributed by atoms with Crippen molar-refractivity contribution in [2.24, 2.45) is 5.92 Å². The lowest BCUT2D eigenvalue weighted by molar-refractivity contribution is -0.110. The quantitative estimate of drug-likeness (QED) is 0.704. The maximum Gasteiger partial charge on any atom is 0.254 e. The first-order valence-corrected chi connectivity index (χ1v) is 10.6. The highest BCUT2D eigenvalue weighted by Crippen LogP contribution is 2.47. The number of hydrogen-bond donors (Lipinski definition) is 1. The van der Waals surface area contributed by atoms with Gasteiger partial charge in [0.1, 0.15) is 0 Å².